The lowest BCUT2D eigenvalue weighted by Gasteiger charge is -2.24. The molecule has 1 heterocycles. The molecular formula is C18H21N3O3. The summed E-state index contributed by atoms with van der Waals surface area (Å²) < 4.78 is 0. The highest BCUT2D eigenvalue weighted by molar-refractivity contribution is 5.81. The molecule has 24 heavy (non-hydrogen) atoms. The third kappa shape index (κ3) is 6.08. The molecular weight excluding hydrogens is 306 g/mol. The van der Waals surface area contributed by atoms with E-state index in [9.17, 15) is 9.59 Å². The van der Waals surface area contributed by atoms with Crippen molar-refractivity contribution in [3.63, 3.8) is 0 Å². The van der Waals surface area contributed by atoms with E-state index in [0.717, 1.165) is 11.3 Å². The molecule has 0 saturated heterocycles. The Bertz CT molecular complexity index is 647. The fraction of sp³-hybridized carbons (Fsp3) is 0.278. The highest BCUT2D eigenvalue weighted by Gasteiger charge is 2.12. The van der Waals surface area contributed by atoms with Gasteiger partial charge in [-0.05, 0) is 30.2 Å². The Morgan fingerprint density at radius 1 is 1.12 bits per heavy atom. The first-order valence-electron chi connectivity index (χ1n) is 7.82. The Balaban J connectivity index is 1.96. The first-order chi connectivity index (χ1) is 11.6. The van der Waals surface area contributed by atoms with Crippen LogP contribution in [-0.4, -0.2) is 35.1 Å². The van der Waals surface area contributed by atoms with E-state index >= 15 is 0 Å². The maximum absolute atomic E-state index is 12.1. The van der Waals surface area contributed by atoms with Crippen molar-refractivity contribution in [2.24, 2.45) is 0 Å². The fourth-order valence-corrected chi connectivity index (χ4v) is 2.29. The van der Waals surface area contributed by atoms with E-state index in [-0.39, 0.29) is 18.9 Å². The van der Waals surface area contributed by atoms with Crippen LogP contribution in [0.1, 0.15) is 18.4 Å². The van der Waals surface area contributed by atoms with E-state index in [0.29, 0.717) is 19.5 Å². The predicted octanol–water partition coefficient (Wildman–Crippen LogP) is 2.07. The average molecular weight is 327 g/mol. The molecule has 0 bridgehead atoms. The smallest absolute Gasteiger partial charge is 0.303 e. The standard InChI is InChI=1S/C18H21N3O3/c22-17(20-11-5-9-18(23)24)14-21(16-7-2-1-3-8-16)13-15-6-4-10-19-12-15/h1-4,6-8,10,12H,5,9,11,13-14H2,(H,20,22)(H,23,24). The largest absolute Gasteiger partial charge is 0.481 e. The van der Waals surface area contributed by atoms with Crippen LogP contribution < -0.4 is 10.2 Å². The molecule has 0 spiro atoms. The molecule has 2 N–H and O–H groups in total. The Hall–Kier alpha value is -2.89. The molecule has 0 aliphatic heterocycles. The number of carboxylic acid groups (broad SMARTS) is 1. The zero-order chi connectivity index (χ0) is 17.2. The highest BCUT2D eigenvalue weighted by atomic mass is 16.4. The first kappa shape index (κ1) is 17.5. The summed E-state index contributed by atoms with van der Waals surface area (Å²) in [5.74, 6) is -0.986. The van der Waals surface area contributed by atoms with E-state index < -0.39 is 5.97 Å². The molecule has 6 heteroatoms. The van der Waals surface area contributed by atoms with Crippen LogP contribution in [0.2, 0.25) is 0 Å². The van der Waals surface area contributed by atoms with E-state index in [4.69, 9.17) is 5.11 Å². The summed E-state index contributed by atoms with van der Waals surface area (Å²) in [5.41, 5.74) is 1.96. The second-order valence-corrected chi connectivity index (χ2v) is 5.40. The van der Waals surface area contributed by atoms with Crippen LogP contribution in [-0.2, 0) is 16.1 Å². The zero-order valence-corrected chi connectivity index (χ0v) is 13.4. The topological polar surface area (TPSA) is 82.5 Å². The van der Waals surface area contributed by atoms with E-state index in [2.05, 4.69) is 10.3 Å². The van der Waals surface area contributed by atoms with Crippen LogP contribution >= 0.6 is 0 Å². The summed E-state index contributed by atoms with van der Waals surface area (Å²) in [7, 11) is 0. The molecule has 1 amide bonds. The van der Waals surface area contributed by atoms with Crippen LogP contribution in [0, 0.1) is 0 Å². The summed E-state index contributed by atoms with van der Waals surface area (Å²) in [6.07, 6.45) is 3.97. The minimum Gasteiger partial charge on any atom is -0.481 e. The van der Waals surface area contributed by atoms with Gasteiger partial charge in [-0.1, -0.05) is 24.3 Å². The van der Waals surface area contributed by atoms with E-state index in [1.165, 1.54) is 0 Å². The van der Waals surface area contributed by atoms with Gasteiger partial charge in [0.25, 0.3) is 0 Å². The van der Waals surface area contributed by atoms with Crippen LogP contribution in [0.3, 0.4) is 0 Å². The quantitative estimate of drug-likeness (QED) is 0.689. The summed E-state index contributed by atoms with van der Waals surface area (Å²) in [4.78, 5) is 28.7. The summed E-state index contributed by atoms with van der Waals surface area (Å²) in [6, 6.07) is 13.5. The third-order valence-electron chi connectivity index (χ3n) is 3.44. The lowest BCUT2D eigenvalue weighted by atomic mass is 10.2. The number of para-hydroxylation sites is 1. The number of pyridine rings is 1. The molecule has 0 aliphatic rings. The molecule has 0 radical (unpaired) electrons. The minimum absolute atomic E-state index is 0.0539. The van der Waals surface area contributed by atoms with Crippen molar-refractivity contribution in [2.45, 2.75) is 19.4 Å². The zero-order valence-electron chi connectivity index (χ0n) is 13.4. The molecule has 6 nitrogen and oxygen atoms in total. The Morgan fingerprint density at radius 2 is 1.92 bits per heavy atom. The van der Waals surface area contributed by atoms with Gasteiger partial charge in [-0.15, -0.1) is 0 Å². The lowest BCUT2D eigenvalue weighted by Crippen LogP contribution is -2.37. The van der Waals surface area contributed by atoms with Crippen molar-refractivity contribution in [2.75, 3.05) is 18.0 Å². The van der Waals surface area contributed by atoms with Crippen molar-refractivity contribution >= 4 is 17.6 Å². The summed E-state index contributed by atoms with van der Waals surface area (Å²) >= 11 is 0. The van der Waals surface area contributed by atoms with E-state index in [1.54, 1.807) is 12.4 Å². The van der Waals surface area contributed by atoms with E-state index in [1.807, 2.05) is 47.4 Å². The van der Waals surface area contributed by atoms with Crippen molar-refractivity contribution in [1.82, 2.24) is 10.3 Å². The number of anilines is 1. The SMILES string of the molecule is O=C(O)CCCNC(=O)CN(Cc1cccnc1)c1ccccc1. The van der Waals surface area contributed by atoms with Crippen molar-refractivity contribution in [3.8, 4) is 0 Å². The van der Waals surface area contributed by atoms with Crippen molar-refractivity contribution < 1.29 is 14.7 Å². The average Bonchev–Trinajstić information content (AvgIpc) is 2.60. The van der Waals surface area contributed by atoms with Gasteiger partial charge in [0, 0.05) is 37.6 Å². The molecule has 0 aliphatic carbocycles. The molecule has 1 aromatic heterocycles. The number of aromatic nitrogens is 1. The maximum Gasteiger partial charge on any atom is 0.303 e. The highest BCUT2D eigenvalue weighted by Crippen LogP contribution is 2.16. The predicted molar refractivity (Wildman–Crippen MR) is 91.6 cm³/mol. The van der Waals surface area contributed by atoms with Gasteiger partial charge in [0.1, 0.15) is 0 Å². The van der Waals surface area contributed by atoms with Gasteiger partial charge in [-0.25, -0.2) is 0 Å². The second kappa shape index (κ2) is 9.29. The van der Waals surface area contributed by atoms with Gasteiger partial charge >= 0.3 is 5.97 Å². The lowest BCUT2D eigenvalue weighted by molar-refractivity contribution is -0.137. The number of carbonyl (C=O) groups is 2. The second-order valence-electron chi connectivity index (χ2n) is 5.40. The van der Waals surface area contributed by atoms with Gasteiger partial charge in [0.2, 0.25) is 5.91 Å². The Kier molecular flexibility index (Phi) is 6.76. The maximum atomic E-state index is 12.1. The van der Waals surface area contributed by atoms with Crippen LogP contribution in [0.4, 0.5) is 5.69 Å². The number of hydrogen-bond acceptors (Lipinski definition) is 4. The fourth-order valence-electron chi connectivity index (χ4n) is 2.29. The number of amides is 1. The van der Waals surface area contributed by atoms with Crippen LogP contribution in [0.5, 0.6) is 0 Å². The van der Waals surface area contributed by atoms with Crippen LogP contribution in [0.25, 0.3) is 0 Å². The number of carbonyl (C=O) groups excluding carboxylic acids is 1. The Labute approximate surface area is 141 Å². The first-order valence-corrected chi connectivity index (χ1v) is 7.82. The number of aliphatic carboxylic acids is 1. The van der Waals surface area contributed by atoms with Gasteiger partial charge in [-0.3, -0.25) is 14.6 Å². The molecule has 0 fully saturated rings. The van der Waals surface area contributed by atoms with Gasteiger partial charge in [0.15, 0.2) is 0 Å². The molecule has 126 valence electrons. The molecule has 0 atom stereocenters. The molecule has 2 aromatic rings. The Morgan fingerprint density at radius 3 is 2.58 bits per heavy atom. The summed E-state index contributed by atoms with van der Waals surface area (Å²) in [6.45, 7) is 1.13. The molecule has 0 unspecified atom stereocenters. The number of nitrogens with zero attached hydrogens (tertiary/aromatic N) is 2. The molecule has 0 saturated carbocycles. The number of carboxylic acids is 1. The minimum atomic E-state index is -0.855. The third-order valence-corrected chi connectivity index (χ3v) is 3.44. The molecule has 2 rings (SSSR count). The van der Waals surface area contributed by atoms with Gasteiger partial charge in [-0.2, -0.15) is 0 Å². The molecule has 1 aromatic carbocycles. The van der Waals surface area contributed by atoms with Gasteiger partial charge < -0.3 is 15.3 Å². The summed E-state index contributed by atoms with van der Waals surface area (Å²) in [5, 5.41) is 11.4. The number of rotatable bonds is 9. The van der Waals surface area contributed by atoms with Crippen molar-refractivity contribution in [3.05, 3.63) is 60.4 Å². The normalized spacial score (nSPS) is 10.2. The number of nitrogens with one attached hydrogen (secondary N) is 1. The van der Waals surface area contributed by atoms with Crippen molar-refractivity contribution in [1.29, 1.82) is 0 Å². The number of benzene rings is 1. The van der Waals surface area contributed by atoms with Gasteiger partial charge in [0.05, 0.1) is 6.54 Å². The number of hydrogen-bond donors (Lipinski definition) is 2. The van der Waals surface area contributed by atoms with Crippen LogP contribution in [0.15, 0.2) is 54.9 Å². The monoisotopic (exact) mass is 327 g/mol.